The molecule has 0 amide bonds. The molecular formula is C13H19F2N. The number of hydrogen-bond donors (Lipinski definition) is 1. The Morgan fingerprint density at radius 3 is 2.62 bits per heavy atom. The Morgan fingerprint density at radius 1 is 1.38 bits per heavy atom. The zero-order chi connectivity index (χ0) is 12.0. The molecule has 0 aromatic carbocycles. The van der Waals surface area contributed by atoms with Crippen molar-refractivity contribution in [1.29, 1.82) is 0 Å². The maximum absolute atomic E-state index is 13.9. The normalized spacial score (nSPS) is 22.9. The van der Waals surface area contributed by atoms with Gasteiger partial charge >= 0.3 is 0 Å². The van der Waals surface area contributed by atoms with Gasteiger partial charge in [0.25, 0.3) is 5.92 Å². The molecule has 0 aromatic rings. The summed E-state index contributed by atoms with van der Waals surface area (Å²) >= 11 is 0. The van der Waals surface area contributed by atoms with Gasteiger partial charge in [-0.3, -0.25) is 0 Å². The number of piperidine rings is 1. The van der Waals surface area contributed by atoms with E-state index in [1.165, 1.54) is 12.2 Å². The van der Waals surface area contributed by atoms with Crippen LogP contribution in [0.5, 0.6) is 0 Å². The van der Waals surface area contributed by atoms with Crippen molar-refractivity contribution in [1.82, 2.24) is 5.32 Å². The van der Waals surface area contributed by atoms with Gasteiger partial charge in [-0.25, -0.2) is 8.78 Å². The molecule has 1 unspecified atom stereocenters. The van der Waals surface area contributed by atoms with Crippen molar-refractivity contribution in [2.45, 2.75) is 37.6 Å². The predicted molar refractivity (Wildman–Crippen MR) is 63.7 cm³/mol. The van der Waals surface area contributed by atoms with Gasteiger partial charge in [0.2, 0.25) is 0 Å². The third kappa shape index (κ3) is 3.56. The number of hydrogen-bond acceptors (Lipinski definition) is 1. The molecule has 0 aliphatic carbocycles. The van der Waals surface area contributed by atoms with Gasteiger partial charge in [0.1, 0.15) is 0 Å². The second kappa shape index (κ2) is 5.94. The van der Waals surface area contributed by atoms with E-state index in [4.69, 9.17) is 0 Å². The van der Waals surface area contributed by atoms with E-state index in [1.54, 1.807) is 6.08 Å². The number of rotatable bonds is 5. The summed E-state index contributed by atoms with van der Waals surface area (Å²) in [7, 11) is 0. The lowest BCUT2D eigenvalue weighted by molar-refractivity contribution is -0.0433. The highest BCUT2D eigenvalue weighted by molar-refractivity contribution is 5.23. The molecule has 1 rings (SSSR count). The molecule has 1 aliphatic rings. The van der Waals surface area contributed by atoms with Crippen molar-refractivity contribution < 1.29 is 8.78 Å². The van der Waals surface area contributed by atoms with E-state index < -0.39 is 12.0 Å². The van der Waals surface area contributed by atoms with Crippen LogP contribution in [0.4, 0.5) is 8.78 Å². The van der Waals surface area contributed by atoms with Crippen molar-refractivity contribution in [2.75, 3.05) is 6.54 Å². The fourth-order valence-electron chi connectivity index (χ4n) is 1.96. The number of allylic oxidation sites excluding steroid dienone is 4. The van der Waals surface area contributed by atoms with Crippen molar-refractivity contribution in [3.05, 3.63) is 37.0 Å². The van der Waals surface area contributed by atoms with Gasteiger partial charge in [-0.1, -0.05) is 37.8 Å². The molecule has 0 saturated carbocycles. The maximum Gasteiger partial charge on any atom is 0.267 e. The Kier molecular flexibility index (Phi) is 4.87. The van der Waals surface area contributed by atoms with Crippen LogP contribution in [0.3, 0.4) is 0 Å². The first-order valence-corrected chi connectivity index (χ1v) is 5.65. The summed E-state index contributed by atoms with van der Waals surface area (Å²) < 4.78 is 27.8. The SMILES string of the molecule is C=C/C=C(\C=C)CC(F)(F)C1CCCCN1. The zero-order valence-corrected chi connectivity index (χ0v) is 9.52. The molecule has 1 nitrogen and oxygen atoms in total. The Labute approximate surface area is 95.9 Å². The van der Waals surface area contributed by atoms with Crippen LogP contribution in [0.1, 0.15) is 25.7 Å². The Balaban J connectivity index is 2.64. The molecule has 3 heteroatoms. The van der Waals surface area contributed by atoms with E-state index in [9.17, 15) is 8.78 Å². The predicted octanol–water partition coefficient (Wildman–Crippen LogP) is 3.45. The Hall–Kier alpha value is -0.960. The van der Waals surface area contributed by atoms with Crippen LogP contribution >= 0.6 is 0 Å². The molecule has 0 bridgehead atoms. The highest BCUT2D eigenvalue weighted by Crippen LogP contribution is 2.31. The third-order valence-corrected chi connectivity index (χ3v) is 2.85. The topological polar surface area (TPSA) is 12.0 Å². The summed E-state index contributed by atoms with van der Waals surface area (Å²) in [5.74, 6) is -2.70. The number of halogens is 2. The number of alkyl halides is 2. The van der Waals surface area contributed by atoms with Gasteiger partial charge in [-0.2, -0.15) is 0 Å². The fourth-order valence-corrected chi connectivity index (χ4v) is 1.96. The zero-order valence-electron chi connectivity index (χ0n) is 9.52. The van der Waals surface area contributed by atoms with Gasteiger partial charge in [0.05, 0.1) is 6.04 Å². The van der Waals surface area contributed by atoms with Gasteiger partial charge in [0.15, 0.2) is 0 Å². The van der Waals surface area contributed by atoms with Crippen LogP contribution in [0, 0.1) is 0 Å². The minimum absolute atomic E-state index is 0.264. The first kappa shape index (κ1) is 13.1. The molecule has 0 aromatic heterocycles. The average molecular weight is 227 g/mol. The van der Waals surface area contributed by atoms with Gasteiger partial charge in [-0.05, 0) is 25.0 Å². The lowest BCUT2D eigenvalue weighted by Crippen LogP contribution is -2.47. The molecular weight excluding hydrogens is 208 g/mol. The van der Waals surface area contributed by atoms with Crippen LogP contribution in [0.15, 0.2) is 37.0 Å². The van der Waals surface area contributed by atoms with E-state index in [0.29, 0.717) is 18.5 Å². The Bertz CT molecular complexity index is 276. The molecule has 16 heavy (non-hydrogen) atoms. The van der Waals surface area contributed by atoms with Crippen LogP contribution in [-0.4, -0.2) is 18.5 Å². The molecule has 90 valence electrons. The highest BCUT2D eigenvalue weighted by Gasteiger charge is 2.39. The molecule has 0 spiro atoms. The van der Waals surface area contributed by atoms with E-state index in [2.05, 4.69) is 18.5 Å². The van der Waals surface area contributed by atoms with E-state index in [-0.39, 0.29) is 6.42 Å². The van der Waals surface area contributed by atoms with Crippen LogP contribution in [0.2, 0.25) is 0 Å². The van der Waals surface area contributed by atoms with E-state index >= 15 is 0 Å². The average Bonchev–Trinajstić information content (AvgIpc) is 2.29. The lowest BCUT2D eigenvalue weighted by Gasteiger charge is -2.31. The molecule has 1 N–H and O–H groups in total. The molecule has 0 radical (unpaired) electrons. The standard InChI is InChI=1S/C13H19F2N/c1-3-7-11(4-2)10-13(14,15)12-8-5-6-9-16-12/h3-4,7,12,16H,1-2,5-6,8-10H2/b11-7+. The monoisotopic (exact) mass is 227 g/mol. The second-order valence-corrected chi connectivity index (χ2v) is 4.12. The van der Waals surface area contributed by atoms with Crippen molar-refractivity contribution in [2.24, 2.45) is 0 Å². The molecule has 1 aliphatic heterocycles. The smallest absolute Gasteiger partial charge is 0.267 e. The summed E-state index contributed by atoms with van der Waals surface area (Å²) in [6.07, 6.45) is 6.72. The molecule has 1 heterocycles. The minimum Gasteiger partial charge on any atom is -0.309 e. The second-order valence-electron chi connectivity index (χ2n) is 4.12. The first-order valence-electron chi connectivity index (χ1n) is 5.65. The van der Waals surface area contributed by atoms with E-state index in [0.717, 1.165) is 12.8 Å². The molecule has 1 atom stereocenters. The minimum atomic E-state index is -2.70. The van der Waals surface area contributed by atoms with Gasteiger partial charge in [0, 0.05) is 6.42 Å². The first-order chi connectivity index (χ1) is 7.60. The Morgan fingerprint density at radius 2 is 2.12 bits per heavy atom. The van der Waals surface area contributed by atoms with Crippen molar-refractivity contribution in [3.63, 3.8) is 0 Å². The molecule has 1 fully saturated rings. The van der Waals surface area contributed by atoms with Crippen LogP contribution in [-0.2, 0) is 0 Å². The van der Waals surface area contributed by atoms with Gasteiger partial charge in [-0.15, -0.1) is 0 Å². The van der Waals surface area contributed by atoms with Crippen molar-refractivity contribution >= 4 is 0 Å². The summed E-state index contributed by atoms with van der Waals surface area (Å²) in [4.78, 5) is 0. The summed E-state index contributed by atoms with van der Waals surface area (Å²) in [6, 6.07) is -0.700. The fraction of sp³-hybridized carbons (Fsp3) is 0.538. The van der Waals surface area contributed by atoms with Gasteiger partial charge < -0.3 is 5.32 Å². The maximum atomic E-state index is 13.9. The summed E-state index contributed by atoms with van der Waals surface area (Å²) in [5.41, 5.74) is 0.535. The highest BCUT2D eigenvalue weighted by atomic mass is 19.3. The quantitative estimate of drug-likeness (QED) is 0.709. The summed E-state index contributed by atoms with van der Waals surface area (Å²) in [6.45, 7) is 7.73. The summed E-state index contributed by atoms with van der Waals surface area (Å²) in [5, 5.41) is 2.89. The van der Waals surface area contributed by atoms with E-state index in [1.807, 2.05) is 0 Å². The van der Waals surface area contributed by atoms with Crippen LogP contribution < -0.4 is 5.32 Å². The van der Waals surface area contributed by atoms with Crippen molar-refractivity contribution in [3.8, 4) is 0 Å². The largest absolute Gasteiger partial charge is 0.309 e. The lowest BCUT2D eigenvalue weighted by atomic mass is 9.94. The molecule has 1 saturated heterocycles. The number of nitrogens with one attached hydrogen (secondary N) is 1. The van der Waals surface area contributed by atoms with Crippen LogP contribution in [0.25, 0.3) is 0 Å². The third-order valence-electron chi connectivity index (χ3n) is 2.85.